The maximum atomic E-state index is 11.5. The summed E-state index contributed by atoms with van der Waals surface area (Å²) in [5.41, 5.74) is -0.509. The van der Waals surface area contributed by atoms with E-state index < -0.39 is 32.6 Å². The molecule has 0 fully saturated rings. The Hall–Kier alpha value is -2.20. The van der Waals surface area contributed by atoms with Crippen LogP contribution < -0.4 is 10.5 Å². The Morgan fingerprint density at radius 3 is 2.62 bits per heavy atom. The molecule has 9 nitrogen and oxygen atoms in total. The molecule has 21 heavy (non-hydrogen) atoms. The van der Waals surface area contributed by atoms with E-state index in [2.05, 4.69) is 5.32 Å². The molecular formula is C11H15N3O6S. The van der Waals surface area contributed by atoms with Crippen LogP contribution in [0.15, 0.2) is 23.1 Å². The van der Waals surface area contributed by atoms with Gasteiger partial charge in [-0.15, -0.1) is 0 Å². The molecule has 1 unspecified atom stereocenters. The first-order valence-electron chi connectivity index (χ1n) is 5.91. The Morgan fingerprint density at radius 1 is 1.52 bits per heavy atom. The molecule has 0 bridgehead atoms. The predicted octanol–water partition coefficient (Wildman–Crippen LogP) is 0.606. The van der Waals surface area contributed by atoms with Crippen molar-refractivity contribution in [3.8, 4) is 0 Å². The second kappa shape index (κ2) is 6.50. The third-order valence-corrected chi connectivity index (χ3v) is 3.42. The Labute approximate surface area is 121 Å². The SMILES string of the molecule is CCOC(=O)C(C)Nc1ccc(S(N)(=O)=O)cc1[N+](=O)[O-]. The predicted molar refractivity (Wildman–Crippen MR) is 74.2 cm³/mol. The van der Waals surface area contributed by atoms with Gasteiger partial charge in [-0.2, -0.15) is 0 Å². The first kappa shape index (κ1) is 16.9. The molecule has 1 aromatic carbocycles. The van der Waals surface area contributed by atoms with Crippen LogP contribution in [0.3, 0.4) is 0 Å². The Balaban J connectivity index is 3.13. The van der Waals surface area contributed by atoms with Crippen molar-refractivity contribution < 1.29 is 22.9 Å². The highest BCUT2D eigenvalue weighted by Gasteiger charge is 2.22. The van der Waals surface area contributed by atoms with E-state index in [-0.39, 0.29) is 17.2 Å². The number of esters is 1. The normalized spacial score (nSPS) is 12.5. The molecule has 0 aliphatic heterocycles. The van der Waals surface area contributed by atoms with E-state index in [0.29, 0.717) is 0 Å². The van der Waals surface area contributed by atoms with Crippen LogP contribution in [0, 0.1) is 10.1 Å². The number of nitro groups is 1. The van der Waals surface area contributed by atoms with E-state index in [1.54, 1.807) is 6.92 Å². The third-order valence-electron chi connectivity index (χ3n) is 2.51. The minimum absolute atomic E-state index is 0.00652. The van der Waals surface area contributed by atoms with Gasteiger partial charge in [-0.05, 0) is 26.0 Å². The maximum absolute atomic E-state index is 11.5. The average molecular weight is 317 g/mol. The molecule has 1 atom stereocenters. The summed E-state index contributed by atoms with van der Waals surface area (Å²) in [7, 11) is -4.05. The second-order valence-electron chi connectivity index (χ2n) is 4.10. The van der Waals surface area contributed by atoms with Crippen LogP contribution in [0.2, 0.25) is 0 Å². The first-order chi connectivity index (χ1) is 9.66. The number of rotatable bonds is 6. The standard InChI is InChI=1S/C11H15N3O6S/c1-3-20-11(15)7(2)13-9-5-4-8(21(12,18)19)6-10(9)14(16)17/h4-7,13H,3H2,1-2H3,(H2,12,18,19). The number of carbonyl (C=O) groups is 1. The van der Waals surface area contributed by atoms with Crippen LogP contribution in [0.4, 0.5) is 11.4 Å². The molecule has 0 aromatic heterocycles. The molecule has 1 rings (SSSR count). The van der Waals surface area contributed by atoms with Crippen molar-refractivity contribution >= 4 is 27.4 Å². The number of nitro benzene ring substituents is 1. The molecule has 1 aromatic rings. The number of nitrogens with zero attached hydrogens (tertiary/aromatic N) is 1. The van der Waals surface area contributed by atoms with Gasteiger partial charge >= 0.3 is 5.97 Å². The van der Waals surface area contributed by atoms with Crippen LogP contribution in [0.1, 0.15) is 13.8 Å². The first-order valence-corrected chi connectivity index (χ1v) is 7.45. The fraction of sp³-hybridized carbons (Fsp3) is 0.364. The van der Waals surface area contributed by atoms with Gasteiger partial charge in [0.05, 0.1) is 16.4 Å². The number of ether oxygens (including phenoxy) is 1. The van der Waals surface area contributed by atoms with Gasteiger partial charge in [-0.1, -0.05) is 0 Å². The number of hydrogen-bond acceptors (Lipinski definition) is 7. The van der Waals surface area contributed by atoms with Crippen LogP contribution >= 0.6 is 0 Å². The van der Waals surface area contributed by atoms with Gasteiger partial charge in [0.25, 0.3) is 5.69 Å². The van der Waals surface area contributed by atoms with Gasteiger partial charge in [0.2, 0.25) is 10.0 Å². The summed E-state index contributed by atoms with van der Waals surface area (Å²) in [6, 6.07) is 2.29. The smallest absolute Gasteiger partial charge is 0.328 e. The van der Waals surface area contributed by atoms with Crippen molar-refractivity contribution in [2.45, 2.75) is 24.8 Å². The lowest BCUT2D eigenvalue weighted by atomic mass is 10.2. The van der Waals surface area contributed by atoms with Crippen molar-refractivity contribution in [1.29, 1.82) is 0 Å². The van der Waals surface area contributed by atoms with Crippen molar-refractivity contribution in [3.63, 3.8) is 0 Å². The summed E-state index contributed by atoms with van der Waals surface area (Å²) in [5, 5.41) is 18.5. The summed E-state index contributed by atoms with van der Waals surface area (Å²) >= 11 is 0. The van der Waals surface area contributed by atoms with Gasteiger partial charge in [0, 0.05) is 6.07 Å². The van der Waals surface area contributed by atoms with Crippen LogP contribution in [-0.2, 0) is 19.6 Å². The Morgan fingerprint density at radius 2 is 2.14 bits per heavy atom. The topological polar surface area (TPSA) is 142 Å². The van der Waals surface area contributed by atoms with E-state index in [1.807, 2.05) is 0 Å². The summed E-state index contributed by atoms with van der Waals surface area (Å²) in [5.74, 6) is -0.581. The monoisotopic (exact) mass is 317 g/mol. The zero-order valence-electron chi connectivity index (χ0n) is 11.4. The molecule has 0 aliphatic rings. The summed E-state index contributed by atoms with van der Waals surface area (Å²) in [6.45, 7) is 3.28. The quantitative estimate of drug-likeness (QED) is 0.444. The second-order valence-corrected chi connectivity index (χ2v) is 5.66. The zero-order valence-corrected chi connectivity index (χ0v) is 12.2. The molecule has 3 N–H and O–H groups in total. The van der Waals surface area contributed by atoms with Gasteiger partial charge in [0.15, 0.2) is 0 Å². The maximum Gasteiger partial charge on any atom is 0.328 e. The molecule has 10 heteroatoms. The zero-order chi connectivity index (χ0) is 16.2. The van der Waals surface area contributed by atoms with Gasteiger partial charge in [-0.3, -0.25) is 10.1 Å². The summed E-state index contributed by atoms with van der Waals surface area (Å²) in [4.78, 5) is 21.3. The average Bonchev–Trinajstić information content (AvgIpc) is 2.37. The highest BCUT2D eigenvalue weighted by molar-refractivity contribution is 7.89. The number of nitrogens with two attached hydrogens (primary N) is 1. The van der Waals surface area contributed by atoms with Crippen LogP contribution in [-0.4, -0.2) is 32.0 Å². The van der Waals surface area contributed by atoms with Gasteiger partial charge in [-0.25, -0.2) is 18.4 Å². The third kappa shape index (κ3) is 4.39. The Kier molecular flexibility index (Phi) is 5.22. The van der Waals surface area contributed by atoms with E-state index >= 15 is 0 Å². The summed E-state index contributed by atoms with van der Waals surface area (Å²) in [6.07, 6.45) is 0. The Bertz CT molecular complexity index is 658. The number of carbonyl (C=O) groups excluding carboxylic acids is 1. The molecule has 0 heterocycles. The molecule has 0 radical (unpaired) electrons. The molecular weight excluding hydrogens is 302 g/mol. The molecule has 0 spiro atoms. The lowest BCUT2D eigenvalue weighted by molar-refractivity contribution is -0.384. The highest BCUT2D eigenvalue weighted by atomic mass is 32.2. The fourth-order valence-electron chi connectivity index (χ4n) is 1.52. The van der Waals surface area contributed by atoms with Crippen molar-refractivity contribution in [2.24, 2.45) is 5.14 Å². The van der Waals surface area contributed by atoms with Crippen LogP contribution in [0.25, 0.3) is 0 Å². The van der Waals surface area contributed by atoms with E-state index in [9.17, 15) is 23.3 Å². The summed E-state index contributed by atoms with van der Waals surface area (Å²) < 4.78 is 27.2. The number of benzene rings is 1. The minimum atomic E-state index is -4.05. The molecule has 116 valence electrons. The van der Waals surface area contributed by atoms with E-state index in [0.717, 1.165) is 12.1 Å². The molecule has 0 saturated heterocycles. The number of primary sulfonamides is 1. The number of sulfonamides is 1. The van der Waals surface area contributed by atoms with Crippen LogP contribution in [0.5, 0.6) is 0 Å². The molecule has 0 aliphatic carbocycles. The fourth-order valence-corrected chi connectivity index (χ4v) is 2.05. The highest BCUT2D eigenvalue weighted by Crippen LogP contribution is 2.27. The lowest BCUT2D eigenvalue weighted by Gasteiger charge is -2.14. The largest absolute Gasteiger partial charge is 0.464 e. The van der Waals surface area contributed by atoms with Crippen molar-refractivity contribution in [3.05, 3.63) is 28.3 Å². The van der Waals surface area contributed by atoms with Gasteiger partial charge in [0.1, 0.15) is 11.7 Å². The van der Waals surface area contributed by atoms with Crippen molar-refractivity contribution in [2.75, 3.05) is 11.9 Å². The van der Waals surface area contributed by atoms with Crippen molar-refractivity contribution in [1.82, 2.24) is 0 Å². The van der Waals surface area contributed by atoms with Gasteiger partial charge < -0.3 is 10.1 Å². The minimum Gasteiger partial charge on any atom is -0.464 e. The lowest BCUT2D eigenvalue weighted by Crippen LogP contribution is -2.28. The number of nitrogens with one attached hydrogen (secondary N) is 1. The van der Waals surface area contributed by atoms with E-state index in [1.165, 1.54) is 13.0 Å². The molecule has 0 amide bonds. The number of hydrogen-bond donors (Lipinski definition) is 2. The molecule has 0 saturated carbocycles. The number of anilines is 1. The van der Waals surface area contributed by atoms with E-state index in [4.69, 9.17) is 9.88 Å².